The van der Waals surface area contributed by atoms with Crippen LogP contribution in [0.5, 0.6) is 0 Å². The Balaban J connectivity index is 1.67. The molecule has 0 amide bonds. The third kappa shape index (κ3) is 2.93. The normalized spacial score (nSPS) is 27.9. The molecule has 2 fully saturated rings. The SMILES string of the molecule is CNCc1cc(CN2CC3CCCN3CC2C)c(C)s1. The van der Waals surface area contributed by atoms with Crippen LogP contribution in [0.4, 0.5) is 0 Å². The lowest BCUT2D eigenvalue weighted by Crippen LogP contribution is -2.54. The van der Waals surface area contributed by atoms with Crippen molar-refractivity contribution in [2.24, 2.45) is 0 Å². The highest BCUT2D eigenvalue weighted by Crippen LogP contribution is 2.28. The maximum absolute atomic E-state index is 3.26. The number of nitrogens with zero attached hydrogens (tertiary/aromatic N) is 2. The van der Waals surface area contributed by atoms with E-state index in [9.17, 15) is 0 Å². The van der Waals surface area contributed by atoms with Crippen molar-refractivity contribution in [3.05, 3.63) is 21.4 Å². The summed E-state index contributed by atoms with van der Waals surface area (Å²) in [5.41, 5.74) is 1.54. The Labute approximate surface area is 127 Å². The smallest absolute Gasteiger partial charge is 0.0296 e. The predicted molar refractivity (Wildman–Crippen MR) is 86.3 cm³/mol. The van der Waals surface area contributed by atoms with Gasteiger partial charge < -0.3 is 5.32 Å². The third-order valence-corrected chi connectivity index (χ3v) is 5.96. The topological polar surface area (TPSA) is 18.5 Å². The molecule has 1 N–H and O–H groups in total. The second kappa shape index (κ2) is 6.14. The van der Waals surface area contributed by atoms with Gasteiger partial charge in [-0.15, -0.1) is 11.3 Å². The molecular weight excluding hydrogens is 266 g/mol. The van der Waals surface area contributed by atoms with E-state index in [1.165, 1.54) is 42.2 Å². The van der Waals surface area contributed by atoms with Crippen LogP contribution in [0.2, 0.25) is 0 Å². The first-order chi connectivity index (χ1) is 9.67. The van der Waals surface area contributed by atoms with E-state index in [2.05, 4.69) is 35.0 Å². The van der Waals surface area contributed by atoms with Crippen molar-refractivity contribution >= 4 is 11.3 Å². The summed E-state index contributed by atoms with van der Waals surface area (Å²) >= 11 is 1.95. The van der Waals surface area contributed by atoms with Crippen molar-refractivity contribution in [2.45, 2.75) is 51.9 Å². The molecule has 0 aromatic carbocycles. The number of fused-ring (bicyclic) bond motifs is 1. The average molecular weight is 293 g/mol. The summed E-state index contributed by atoms with van der Waals surface area (Å²) < 4.78 is 0. The maximum Gasteiger partial charge on any atom is 0.0296 e. The Hall–Kier alpha value is -0.420. The molecule has 3 rings (SSSR count). The van der Waals surface area contributed by atoms with E-state index < -0.39 is 0 Å². The fraction of sp³-hybridized carbons (Fsp3) is 0.750. The first-order valence-electron chi connectivity index (χ1n) is 7.88. The van der Waals surface area contributed by atoms with Crippen LogP contribution in [0, 0.1) is 6.92 Å². The van der Waals surface area contributed by atoms with Crippen molar-refractivity contribution < 1.29 is 0 Å². The van der Waals surface area contributed by atoms with Gasteiger partial charge in [0.05, 0.1) is 0 Å². The van der Waals surface area contributed by atoms with Gasteiger partial charge in [0.25, 0.3) is 0 Å². The zero-order valence-electron chi connectivity index (χ0n) is 13.0. The Morgan fingerprint density at radius 1 is 1.40 bits per heavy atom. The van der Waals surface area contributed by atoms with Gasteiger partial charge in [-0.05, 0) is 51.9 Å². The molecule has 3 nitrogen and oxygen atoms in total. The second-order valence-electron chi connectivity index (χ2n) is 6.39. The van der Waals surface area contributed by atoms with Crippen molar-refractivity contribution in [3.63, 3.8) is 0 Å². The number of rotatable bonds is 4. The number of aryl methyl sites for hydroxylation is 1. The summed E-state index contributed by atoms with van der Waals surface area (Å²) in [5, 5.41) is 3.26. The molecule has 0 saturated carbocycles. The van der Waals surface area contributed by atoms with Crippen molar-refractivity contribution in [2.75, 3.05) is 26.7 Å². The van der Waals surface area contributed by atoms with Gasteiger partial charge in [-0.2, -0.15) is 0 Å². The van der Waals surface area contributed by atoms with Gasteiger partial charge in [0, 0.05) is 48.0 Å². The number of hydrogen-bond donors (Lipinski definition) is 1. The largest absolute Gasteiger partial charge is 0.315 e. The lowest BCUT2D eigenvalue weighted by Gasteiger charge is -2.42. The van der Waals surface area contributed by atoms with Gasteiger partial charge in [-0.25, -0.2) is 0 Å². The summed E-state index contributed by atoms with van der Waals surface area (Å²) in [5.74, 6) is 0. The van der Waals surface area contributed by atoms with Crippen LogP contribution in [0.25, 0.3) is 0 Å². The third-order valence-electron chi connectivity index (χ3n) is 4.86. The molecule has 20 heavy (non-hydrogen) atoms. The van der Waals surface area contributed by atoms with E-state index >= 15 is 0 Å². The van der Waals surface area contributed by atoms with Crippen LogP contribution >= 0.6 is 11.3 Å². The molecule has 1 aromatic heterocycles. The summed E-state index contributed by atoms with van der Waals surface area (Å²) in [7, 11) is 2.02. The average Bonchev–Trinajstić information content (AvgIpc) is 2.98. The Morgan fingerprint density at radius 3 is 3.05 bits per heavy atom. The quantitative estimate of drug-likeness (QED) is 0.920. The lowest BCUT2D eigenvalue weighted by molar-refractivity contribution is 0.0540. The fourth-order valence-electron chi connectivity index (χ4n) is 3.69. The Bertz CT molecular complexity index is 457. The van der Waals surface area contributed by atoms with Crippen LogP contribution in [-0.4, -0.2) is 48.6 Å². The van der Waals surface area contributed by atoms with Gasteiger partial charge in [0.15, 0.2) is 0 Å². The van der Waals surface area contributed by atoms with E-state index in [1.807, 2.05) is 18.4 Å². The molecule has 0 radical (unpaired) electrons. The number of hydrogen-bond acceptors (Lipinski definition) is 4. The van der Waals surface area contributed by atoms with Gasteiger partial charge in [-0.3, -0.25) is 9.80 Å². The fourth-order valence-corrected chi connectivity index (χ4v) is 4.76. The van der Waals surface area contributed by atoms with Gasteiger partial charge in [0.2, 0.25) is 0 Å². The van der Waals surface area contributed by atoms with E-state index in [0.29, 0.717) is 6.04 Å². The minimum Gasteiger partial charge on any atom is -0.315 e. The highest BCUT2D eigenvalue weighted by atomic mass is 32.1. The molecule has 0 spiro atoms. The van der Waals surface area contributed by atoms with E-state index in [1.54, 1.807) is 5.56 Å². The molecule has 2 atom stereocenters. The molecule has 3 heterocycles. The lowest BCUT2D eigenvalue weighted by atomic mass is 10.1. The Kier molecular flexibility index (Phi) is 4.46. The standard InChI is InChI=1S/C16H27N3S/c1-12-9-18-6-4-5-15(18)11-19(12)10-14-7-16(8-17-3)20-13(14)2/h7,12,15,17H,4-6,8-11H2,1-3H3. The van der Waals surface area contributed by atoms with E-state index in [4.69, 9.17) is 0 Å². The molecule has 0 aliphatic carbocycles. The zero-order chi connectivity index (χ0) is 14.1. The molecule has 2 saturated heterocycles. The van der Waals surface area contributed by atoms with E-state index in [-0.39, 0.29) is 0 Å². The highest BCUT2D eigenvalue weighted by Gasteiger charge is 2.34. The molecule has 4 heteroatoms. The minimum absolute atomic E-state index is 0.691. The summed E-state index contributed by atoms with van der Waals surface area (Å²) in [4.78, 5) is 8.36. The predicted octanol–water partition coefficient (Wildman–Crippen LogP) is 2.44. The number of piperazine rings is 1. The number of thiophene rings is 1. The monoisotopic (exact) mass is 293 g/mol. The van der Waals surface area contributed by atoms with Crippen LogP contribution in [0.15, 0.2) is 6.07 Å². The molecular formula is C16H27N3S. The van der Waals surface area contributed by atoms with Crippen LogP contribution in [0.1, 0.15) is 35.1 Å². The zero-order valence-corrected chi connectivity index (χ0v) is 13.8. The van der Waals surface area contributed by atoms with Crippen molar-refractivity contribution in [1.29, 1.82) is 0 Å². The molecule has 2 aliphatic rings. The van der Waals surface area contributed by atoms with E-state index in [0.717, 1.165) is 19.1 Å². The van der Waals surface area contributed by atoms with Crippen LogP contribution in [-0.2, 0) is 13.1 Å². The van der Waals surface area contributed by atoms with Gasteiger partial charge in [0.1, 0.15) is 0 Å². The van der Waals surface area contributed by atoms with Crippen molar-refractivity contribution in [3.8, 4) is 0 Å². The first kappa shape index (κ1) is 14.5. The Morgan fingerprint density at radius 2 is 2.25 bits per heavy atom. The highest BCUT2D eigenvalue weighted by molar-refractivity contribution is 7.12. The second-order valence-corrected chi connectivity index (χ2v) is 7.73. The maximum atomic E-state index is 3.26. The molecule has 0 bridgehead atoms. The summed E-state index contributed by atoms with van der Waals surface area (Å²) in [6.45, 7) is 10.6. The summed E-state index contributed by atoms with van der Waals surface area (Å²) in [6.07, 6.45) is 2.80. The van der Waals surface area contributed by atoms with Crippen molar-refractivity contribution in [1.82, 2.24) is 15.1 Å². The molecule has 1 aromatic rings. The number of nitrogens with one attached hydrogen (secondary N) is 1. The molecule has 2 aliphatic heterocycles. The minimum atomic E-state index is 0.691. The summed E-state index contributed by atoms with van der Waals surface area (Å²) in [6, 6.07) is 3.92. The van der Waals surface area contributed by atoms with Gasteiger partial charge >= 0.3 is 0 Å². The first-order valence-corrected chi connectivity index (χ1v) is 8.70. The van der Waals surface area contributed by atoms with Crippen LogP contribution < -0.4 is 5.32 Å². The molecule has 112 valence electrons. The van der Waals surface area contributed by atoms with Gasteiger partial charge in [-0.1, -0.05) is 0 Å². The van der Waals surface area contributed by atoms with Crippen LogP contribution in [0.3, 0.4) is 0 Å². The molecule has 2 unspecified atom stereocenters.